The van der Waals surface area contributed by atoms with Gasteiger partial charge in [0.15, 0.2) is 6.04 Å². The van der Waals surface area contributed by atoms with Gasteiger partial charge in [-0.2, -0.15) is 0 Å². The van der Waals surface area contributed by atoms with E-state index in [-0.39, 0.29) is 6.61 Å². The molecule has 2 aromatic carbocycles. The van der Waals surface area contributed by atoms with E-state index in [0.717, 1.165) is 5.56 Å². The van der Waals surface area contributed by atoms with Crippen LogP contribution in [0.1, 0.15) is 17.2 Å². The molecule has 0 saturated carbocycles. The van der Waals surface area contributed by atoms with Crippen molar-refractivity contribution in [3.05, 3.63) is 65.7 Å². The number of methoxy groups -OCH3 is 2. The summed E-state index contributed by atoms with van der Waals surface area (Å²) < 4.78 is 14.8. The number of ether oxygens (including phenoxy) is 3. The SMILES string of the molecule is COC(=O)C(NC(=O)OCc1ccccc1)C(O)c1ccc(OC)cc1. The molecule has 0 radical (unpaired) electrons. The minimum absolute atomic E-state index is 0.0409. The summed E-state index contributed by atoms with van der Waals surface area (Å²) in [7, 11) is 2.69. The van der Waals surface area contributed by atoms with Gasteiger partial charge in [0.25, 0.3) is 0 Å². The first-order chi connectivity index (χ1) is 12.5. The zero-order valence-corrected chi connectivity index (χ0v) is 14.5. The minimum Gasteiger partial charge on any atom is -0.497 e. The van der Waals surface area contributed by atoms with Crippen LogP contribution in [0.2, 0.25) is 0 Å². The highest BCUT2D eigenvalue weighted by Crippen LogP contribution is 2.21. The monoisotopic (exact) mass is 359 g/mol. The number of carbonyl (C=O) groups excluding carboxylic acids is 2. The Kier molecular flexibility index (Phi) is 6.99. The molecule has 2 aromatic rings. The van der Waals surface area contributed by atoms with E-state index in [4.69, 9.17) is 9.47 Å². The van der Waals surface area contributed by atoms with Crippen LogP contribution >= 0.6 is 0 Å². The van der Waals surface area contributed by atoms with Gasteiger partial charge >= 0.3 is 12.1 Å². The van der Waals surface area contributed by atoms with E-state index < -0.39 is 24.2 Å². The highest BCUT2D eigenvalue weighted by atomic mass is 16.6. The lowest BCUT2D eigenvalue weighted by molar-refractivity contribution is -0.146. The molecule has 0 spiro atoms. The van der Waals surface area contributed by atoms with Crippen molar-refractivity contribution in [2.24, 2.45) is 0 Å². The highest BCUT2D eigenvalue weighted by molar-refractivity contribution is 5.82. The molecule has 2 unspecified atom stereocenters. The topological polar surface area (TPSA) is 94.1 Å². The van der Waals surface area contributed by atoms with E-state index in [1.807, 2.05) is 18.2 Å². The molecule has 2 rings (SSSR count). The number of benzene rings is 2. The predicted octanol–water partition coefficient (Wildman–Crippen LogP) is 2.20. The van der Waals surface area contributed by atoms with E-state index in [1.165, 1.54) is 14.2 Å². The van der Waals surface area contributed by atoms with Crippen LogP contribution in [0.3, 0.4) is 0 Å². The van der Waals surface area contributed by atoms with Gasteiger partial charge in [-0.05, 0) is 23.3 Å². The van der Waals surface area contributed by atoms with Crippen LogP contribution in [0.4, 0.5) is 4.79 Å². The first kappa shape index (κ1) is 19.3. The Morgan fingerprint density at radius 1 is 1.04 bits per heavy atom. The van der Waals surface area contributed by atoms with Crippen molar-refractivity contribution in [2.75, 3.05) is 14.2 Å². The van der Waals surface area contributed by atoms with Crippen LogP contribution in [-0.4, -0.2) is 37.4 Å². The molecule has 0 aliphatic rings. The third-order valence-electron chi connectivity index (χ3n) is 3.71. The third-order valence-corrected chi connectivity index (χ3v) is 3.71. The zero-order valence-electron chi connectivity index (χ0n) is 14.5. The quantitative estimate of drug-likeness (QED) is 0.736. The summed E-state index contributed by atoms with van der Waals surface area (Å²) in [6, 6.07) is 14.3. The van der Waals surface area contributed by atoms with Crippen LogP contribution in [0.15, 0.2) is 54.6 Å². The lowest BCUT2D eigenvalue weighted by atomic mass is 10.0. The lowest BCUT2D eigenvalue weighted by Crippen LogP contribution is -2.45. The maximum absolute atomic E-state index is 12.0. The summed E-state index contributed by atoms with van der Waals surface area (Å²) >= 11 is 0. The second kappa shape index (κ2) is 9.43. The number of aliphatic hydroxyl groups is 1. The lowest BCUT2D eigenvalue weighted by Gasteiger charge is -2.22. The third kappa shape index (κ3) is 5.22. The fourth-order valence-corrected chi connectivity index (χ4v) is 2.28. The fourth-order valence-electron chi connectivity index (χ4n) is 2.28. The van der Waals surface area contributed by atoms with Crippen molar-refractivity contribution in [3.8, 4) is 5.75 Å². The second-order valence-electron chi connectivity index (χ2n) is 5.42. The van der Waals surface area contributed by atoms with Gasteiger partial charge in [0, 0.05) is 0 Å². The molecular formula is C19H21NO6. The molecule has 0 aliphatic carbocycles. The Morgan fingerprint density at radius 2 is 1.69 bits per heavy atom. The van der Waals surface area contributed by atoms with Crippen molar-refractivity contribution >= 4 is 12.1 Å². The maximum atomic E-state index is 12.0. The van der Waals surface area contributed by atoms with Gasteiger partial charge in [0.05, 0.1) is 14.2 Å². The summed E-state index contributed by atoms with van der Waals surface area (Å²) in [4.78, 5) is 24.0. The second-order valence-corrected chi connectivity index (χ2v) is 5.42. The average Bonchev–Trinajstić information content (AvgIpc) is 2.70. The summed E-state index contributed by atoms with van der Waals surface area (Å²) in [6.07, 6.45) is -2.14. The van der Waals surface area contributed by atoms with E-state index >= 15 is 0 Å². The average molecular weight is 359 g/mol. The Labute approximate surface area is 151 Å². The number of amides is 1. The molecule has 1 amide bonds. The van der Waals surface area contributed by atoms with E-state index in [2.05, 4.69) is 10.1 Å². The van der Waals surface area contributed by atoms with Crippen molar-refractivity contribution < 1.29 is 28.9 Å². The molecule has 0 fully saturated rings. The number of carbonyl (C=O) groups is 2. The van der Waals surface area contributed by atoms with Crippen molar-refractivity contribution in [1.82, 2.24) is 5.32 Å². The van der Waals surface area contributed by atoms with Gasteiger partial charge in [0.2, 0.25) is 0 Å². The number of aliphatic hydroxyl groups excluding tert-OH is 1. The summed E-state index contributed by atoms with van der Waals surface area (Å²) in [5, 5.41) is 12.8. The molecule has 0 bridgehead atoms. The molecular weight excluding hydrogens is 338 g/mol. The Balaban J connectivity index is 2.03. The normalized spacial score (nSPS) is 12.6. The standard InChI is InChI=1S/C19H21NO6/c1-24-15-10-8-14(9-11-15)17(21)16(18(22)25-2)20-19(23)26-12-13-6-4-3-5-7-13/h3-11,16-17,21H,12H2,1-2H3,(H,20,23). The van der Waals surface area contributed by atoms with Gasteiger partial charge in [-0.3, -0.25) is 0 Å². The van der Waals surface area contributed by atoms with Gasteiger partial charge in [0.1, 0.15) is 18.5 Å². The molecule has 0 heterocycles. The number of hydrogen-bond donors (Lipinski definition) is 2. The first-order valence-electron chi connectivity index (χ1n) is 7.92. The van der Waals surface area contributed by atoms with Gasteiger partial charge in [-0.1, -0.05) is 42.5 Å². The molecule has 2 N–H and O–H groups in total. The van der Waals surface area contributed by atoms with E-state index in [9.17, 15) is 14.7 Å². The molecule has 26 heavy (non-hydrogen) atoms. The largest absolute Gasteiger partial charge is 0.497 e. The van der Waals surface area contributed by atoms with Gasteiger partial charge in [-0.25, -0.2) is 9.59 Å². The Bertz CT molecular complexity index is 717. The molecule has 138 valence electrons. The number of esters is 1. The Hall–Kier alpha value is -3.06. The van der Waals surface area contributed by atoms with Gasteiger partial charge < -0.3 is 24.6 Å². The smallest absolute Gasteiger partial charge is 0.408 e. The van der Waals surface area contributed by atoms with Crippen molar-refractivity contribution in [3.63, 3.8) is 0 Å². The maximum Gasteiger partial charge on any atom is 0.408 e. The van der Waals surface area contributed by atoms with E-state index in [1.54, 1.807) is 36.4 Å². The molecule has 7 nitrogen and oxygen atoms in total. The predicted molar refractivity (Wildman–Crippen MR) is 93.5 cm³/mol. The molecule has 0 aliphatic heterocycles. The number of rotatable bonds is 7. The number of nitrogens with one attached hydrogen (secondary N) is 1. The molecule has 0 aromatic heterocycles. The summed E-state index contributed by atoms with van der Waals surface area (Å²) in [5.74, 6) is -0.184. The highest BCUT2D eigenvalue weighted by Gasteiger charge is 2.31. The Morgan fingerprint density at radius 3 is 2.27 bits per heavy atom. The zero-order chi connectivity index (χ0) is 18.9. The van der Waals surface area contributed by atoms with Crippen molar-refractivity contribution in [2.45, 2.75) is 18.8 Å². The first-order valence-corrected chi connectivity index (χ1v) is 7.92. The number of hydrogen-bond acceptors (Lipinski definition) is 6. The van der Waals surface area contributed by atoms with Crippen molar-refractivity contribution in [1.29, 1.82) is 0 Å². The van der Waals surface area contributed by atoms with Crippen LogP contribution in [-0.2, 0) is 20.9 Å². The van der Waals surface area contributed by atoms with Crippen LogP contribution in [0.25, 0.3) is 0 Å². The van der Waals surface area contributed by atoms with Gasteiger partial charge in [-0.15, -0.1) is 0 Å². The van der Waals surface area contributed by atoms with E-state index in [0.29, 0.717) is 11.3 Å². The fraction of sp³-hybridized carbons (Fsp3) is 0.263. The molecule has 2 atom stereocenters. The summed E-state index contributed by atoms with van der Waals surface area (Å²) in [6.45, 7) is 0.0409. The minimum atomic E-state index is -1.31. The molecule has 7 heteroatoms. The summed E-state index contributed by atoms with van der Waals surface area (Å²) in [5.41, 5.74) is 1.22. The van der Waals surface area contributed by atoms with Crippen LogP contribution in [0, 0.1) is 0 Å². The van der Waals surface area contributed by atoms with Crippen LogP contribution in [0.5, 0.6) is 5.75 Å². The van der Waals surface area contributed by atoms with Crippen LogP contribution < -0.4 is 10.1 Å². The number of alkyl carbamates (subject to hydrolysis) is 1. The molecule has 0 saturated heterocycles.